The number of nitrogens with one attached hydrogen (secondary N) is 1. The zero-order chi connectivity index (χ0) is 28.7. The molecule has 0 aromatic heterocycles. The highest BCUT2D eigenvalue weighted by molar-refractivity contribution is 7.89. The van der Waals surface area contributed by atoms with Gasteiger partial charge in [-0.1, -0.05) is 12.1 Å². The van der Waals surface area contributed by atoms with Crippen molar-refractivity contribution in [1.29, 1.82) is 5.26 Å². The van der Waals surface area contributed by atoms with E-state index in [2.05, 4.69) is 11.4 Å². The average Bonchev–Trinajstić information content (AvgIpc) is 3.55. The number of sulfonamides is 1. The number of rotatable bonds is 7. The van der Waals surface area contributed by atoms with Crippen LogP contribution in [0.5, 0.6) is 0 Å². The van der Waals surface area contributed by atoms with Gasteiger partial charge in [0.25, 0.3) is 0 Å². The van der Waals surface area contributed by atoms with Crippen LogP contribution in [0.3, 0.4) is 0 Å². The number of fused-ring (bicyclic) bond motifs is 2. The van der Waals surface area contributed by atoms with Gasteiger partial charge in [-0.3, -0.25) is 14.5 Å². The van der Waals surface area contributed by atoms with Crippen LogP contribution in [0.1, 0.15) is 58.6 Å². The fraction of sp³-hybridized carbons (Fsp3) is 0.615. The molecule has 3 aliphatic rings. The topological polar surface area (TPSA) is 166 Å². The Hall–Kier alpha value is -3.21. The van der Waals surface area contributed by atoms with E-state index < -0.39 is 39.8 Å². The Morgan fingerprint density at radius 3 is 2.49 bits per heavy atom. The molecule has 3 aliphatic heterocycles. The SMILES string of the molecule is C[C@@H](c1ccc(S(N)(=O)=O)cc1)N1C(=O)C2C[C@H]1CN2CC(NC(=O)OC(C)(C)C)C(=O)N1CCCC1C#N. The predicted octanol–water partition coefficient (Wildman–Crippen LogP) is 1.09. The molecule has 4 rings (SSSR count). The maximum atomic E-state index is 13.5. The third kappa shape index (κ3) is 6.18. The molecule has 2 bridgehead atoms. The van der Waals surface area contributed by atoms with Crippen molar-refractivity contribution in [2.45, 2.75) is 87.7 Å². The number of ether oxygens (including phenoxy) is 1. The molecule has 39 heavy (non-hydrogen) atoms. The van der Waals surface area contributed by atoms with Gasteiger partial charge in [-0.2, -0.15) is 5.26 Å². The second-order valence-electron chi connectivity index (χ2n) is 11.4. The first-order chi connectivity index (χ1) is 18.2. The number of nitrogens with two attached hydrogens (primary N) is 1. The number of likely N-dealkylation sites (tertiary alicyclic amines) is 3. The summed E-state index contributed by atoms with van der Waals surface area (Å²) in [6.07, 6.45) is 1.14. The lowest BCUT2D eigenvalue weighted by atomic mass is 10.1. The first-order valence-electron chi connectivity index (χ1n) is 13.1. The van der Waals surface area contributed by atoms with E-state index in [1.54, 1.807) is 37.8 Å². The van der Waals surface area contributed by atoms with E-state index in [1.807, 2.05) is 11.8 Å². The number of benzene rings is 1. The molecular weight excluding hydrogens is 524 g/mol. The van der Waals surface area contributed by atoms with E-state index in [1.165, 1.54) is 17.0 Å². The molecule has 3 fully saturated rings. The van der Waals surface area contributed by atoms with Gasteiger partial charge in [-0.15, -0.1) is 0 Å². The summed E-state index contributed by atoms with van der Waals surface area (Å²) in [4.78, 5) is 44.8. The molecule has 0 saturated carbocycles. The first kappa shape index (κ1) is 28.8. The van der Waals surface area contributed by atoms with Crippen molar-refractivity contribution in [2.75, 3.05) is 19.6 Å². The molecule has 13 heteroatoms. The Labute approximate surface area is 229 Å². The quantitative estimate of drug-likeness (QED) is 0.500. The zero-order valence-corrected chi connectivity index (χ0v) is 23.5. The minimum absolute atomic E-state index is 0.00345. The second kappa shape index (κ2) is 10.7. The summed E-state index contributed by atoms with van der Waals surface area (Å²) >= 11 is 0. The molecule has 3 amide bonds. The molecule has 212 valence electrons. The smallest absolute Gasteiger partial charge is 0.408 e. The summed E-state index contributed by atoms with van der Waals surface area (Å²) in [5.41, 5.74) is 0.0258. The third-order valence-electron chi connectivity index (χ3n) is 7.51. The van der Waals surface area contributed by atoms with Crippen LogP contribution in [0, 0.1) is 11.3 Å². The van der Waals surface area contributed by atoms with Gasteiger partial charge in [-0.25, -0.2) is 18.4 Å². The van der Waals surface area contributed by atoms with Gasteiger partial charge in [0, 0.05) is 25.7 Å². The van der Waals surface area contributed by atoms with E-state index in [-0.39, 0.29) is 35.3 Å². The molecule has 12 nitrogen and oxygen atoms in total. The number of amides is 3. The van der Waals surface area contributed by atoms with E-state index in [4.69, 9.17) is 9.88 Å². The van der Waals surface area contributed by atoms with Crippen molar-refractivity contribution in [1.82, 2.24) is 20.0 Å². The highest BCUT2D eigenvalue weighted by Gasteiger charge is 2.52. The monoisotopic (exact) mass is 560 g/mol. The Balaban J connectivity index is 1.47. The van der Waals surface area contributed by atoms with Crippen molar-refractivity contribution in [3.05, 3.63) is 29.8 Å². The standard InChI is InChI=1S/C26H36N6O6S/c1-16(17-7-9-20(10-8-17)39(28,36)37)32-19-12-22(24(32)34)30(14-19)15-21(29-25(35)38-26(2,3)4)23(33)31-11-5-6-18(31)13-27/h7-10,16,18-19,21-22H,5-6,11-12,14-15H2,1-4H3,(H,29,35)(H2,28,36,37)/t16-,18?,19-,21?,22?/m0/s1. The minimum atomic E-state index is -3.81. The molecule has 3 unspecified atom stereocenters. The maximum Gasteiger partial charge on any atom is 0.408 e. The molecule has 0 aliphatic carbocycles. The van der Waals surface area contributed by atoms with Crippen molar-refractivity contribution >= 4 is 27.9 Å². The lowest BCUT2D eigenvalue weighted by Gasteiger charge is -2.39. The molecular formula is C26H36N6O6S. The van der Waals surface area contributed by atoms with E-state index in [0.29, 0.717) is 32.4 Å². The number of alkyl carbamates (subject to hydrolysis) is 1. The Morgan fingerprint density at radius 2 is 1.92 bits per heavy atom. The molecule has 1 aromatic carbocycles. The predicted molar refractivity (Wildman–Crippen MR) is 140 cm³/mol. The molecule has 3 saturated heterocycles. The van der Waals surface area contributed by atoms with Gasteiger partial charge in [0.15, 0.2) is 0 Å². The van der Waals surface area contributed by atoms with Crippen molar-refractivity contribution in [3.63, 3.8) is 0 Å². The van der Waals surface area contributed by atoms with E-state index in [9.17, 15) is 28.1 Å². The van der Waals surface area contributed by atoms with Crippen molar-refractivity contribution in [2.24, 2.45) is 5.14 Å². The minimum Gasteiger partial charge on any atom is -0.444 e. The molecule has 3 N–H and O–H groups in total. The normalized spacial score (nSPS) is 24.9. The fourth-order valence-electron chi connectivity index (χ4n) is 5.73. The van der Waals surface area contributed by atoms with Crippen LogP contribution in [0.2, 0.25) is 0 Å². The number of primary sulfonamides is 1. The van der Waals surface area contributed by atoms with Crippen molar-refractivity contribution in [3.8, 4) is 6.07 Å². The molecule has 3 heterocycles. The van der Waals surface area contributed by atoms with Crippen LogP contribution in [-0.2, 0) is 24.3 Å². The molecule has 1 aromatic rings. The van der Waals surface area contributed by atoms with E-state index in [0.717, 1.165) is 5.56 Å². The van der Waals surface area contributed by atoms with Crippen LogP contribution in [0.15, 0.2) is 29.2 Å². The van der Waals surface area contributed by atoms with Crippen LogP contribution in [0.25, 0.3) is 0 Å². The third-order valence-corrected chi connectivity index (χ3v) is 8.44. The van der Waals surface area contributed by atoms with Crippen molar-refractivity contribution < 1.29 is 27.5 Å². The maximum absolute atomic E-state index is 13.5. The Morgan fingerprint density at radius 1 is 1.26 bits per heavy atom. The number of hydrogen-bond acceptors (Lipinski definition) is 8. The van der Waals surface area contributed by atoms with Gasteiger partial charge in [0.2, 0.25) is 21.8 Å². The summed E-state index contributed by atoms with van der Waals surface area (Å²) in [7, 11) is -3.81. The van der Waals surface area contributed by atoms with Crippen LogP contribution >= 0.6 is 0 Å². The van der Waals surface area contributed by atoms with E-state index >= 15 is 0 Å². The first-order valence-corrected chi connectivity index (χ1v) is 14.6. The summed E-state index contributed by atoms with van der Waals surface area (Å²) in [6.45, 7) is 8.14. The largest absolute Gasteiger partial charge is 0.444 e. The van der Waals surface area contributed by atoms with Gasteiger partial charge in [-0.05, 0) is 64.7 Å². The van der Waals surface area contributed by atoms with Crippen LogP contribution in [0.4, 0.5) is 4.79 Å². The van der Waals surface area contributed by atoms with Crippen LogP contribution < -0.4 is 10.5 Å². The van der Waals surface area contributed by atoms with Gasteiger partial charge >= 0.3 is 6.09 Å². The number of carbonyl (C=O) groups is 3. The van der Waals surface area contributed by atoms with Gasteiger partial charge < -0.3 is 19.9 Å². The highest BCUT2D eigenvalue weighted by Crippen LogP contribution is 2.38. The number of nitrogens with zero attached hydrogens (tertiary/aromatic N) is 4. The summed E-state index contributed by atoms with van der Waals surface area (Å²) in [6, 6.07) is 5.96. The van der Waals surface area contributed by atoms with Gasteiger partial charge in [0.05, 0.1) is 23.0 Å². The fourth-order valence-corrected chi connectivity index (χ4v) is 6.25. The second-order valence-corrected chi connectivity index (χ2v) is 13.0. The summed E-state index contributed by atoms with van der Waals surface area (Å²) in [5, 5.41) is 17.4. The molecule has 0 radical (unpaired) electrons. The lowest BCUT2D eigenvalue weighted by Crippen LogP contribution is -2.59. The molecule has 5 atom stereocenters. The number of carbonyl (C=O) groups excluding carboxylic acids is 3. The summed E-state index contributed by atoms with van der Waals surface area (Å²) < 4.78 is 28.6. The number of piperazine rings is 1. The zero-order valence-electron chi connectivity index (χ0n) is 22.7. The highest BCUT2D eigenvalue weighted by atomic mass is 32.2. The lowest BCUT2D eigenvalue weighted by molar-refractivity contribution is -0.141. The Kier molecular flexibility index (Phi) is 7.93. The number of hydrogen-bond donors (Lipinski definition) is 2. The molecule has 0 spiro atoms. The Bertz CT molecular complexity index is 1270. The van der Waals surface area contributed by atoms with Crippen LogP contribution in [-0.4, -0.2) is 90.4 Å². The number of nitriles is 1. The summed E-state index contributed by atoms with van der Waals surface area (Å²) in [5.74, 6) is -0.450. The van der Waals surface area contributed by atoms with Gasteiger partial charge in [0.1, 0.15) is 17.7 Å². The average molecular weight is 561 g/mol.